The van der Waals surface area contributed by atoms with Crippen LogP contribution in [0.3, 0.4) is 0 Å². The van der Waals surface area contributed by atoms with Crippen molar-refractivity contribution in [2.45, 2.75) is 12.8 Å². The smallest absolute Gasteiger partial charge is 0.201 e. The number of halogens is 2. The van der Waals surface area contributed by atoms with E-state index in [9.17, 15) is 13.6 Å². The molecule has 0 radical (unpaired) electrons. The highest BCUT2D eigenvalue weighted by atomic mass is 19.1. The molecule has 0 saturated heterocycles. The molecule has 0 atom stereocenters. The Labute approximate surface area is 205 Å². The van der Waals surface area contributed by atoms with Crippen molar-refractivity contribution in [3.05, 3.63) is 93.3 Å². The predicted molar refractivity (Wildman–Crippen MR) is 133 cm³/mol. The van der Waals surface area contributed by atoms with Gasteiger partial charge in [-0.3, -0.25) is 4.79 Å². The highest BCUT2D eigenvalue weighted by molar-refractivity contribution is 5.88. The molecule has 1 aliphatic carbocycles. The number of hydrogen-bond donors (Lipinski definition) is 0. The van der Waals surface area contributed by atoms with Gasteiger partial charge in [-0.2, -0.15) is 5.26 Å². The number of benzene rings is 3. The summed E-state index contributed by atoms with van der Waals surface area (Å²) in [6.07, 6.45) is 5.50. The first-order chi connectivity index (χ1) is 17.5. The van der Waals surface area contributed by atoms with Crippen LogP contribution in [0.15, 0.2) is 63.8 Å². The van der Waals surface area contributed by atoms with E-state index in [1.165, 1.54) is 0 Å². The number of rotatable bonds is 7. The molecule has 180 valence electrons. The van der Waals surface area contributed by atoms with E-state index in [4.69, 9.17) is 19.2 Å². The average molecular weight is 485 g/mol. The minimum Gasteiger partial charge on any atom is -0.493 e. The van der Waals surface area contributed by atoms with Crippen LogP contribution in [-0.4, -0.2) is 13.7 Å². The second-order valence-corrected chi connectivity index (χ2v) is 8.59. The molecule has 0 unspecified atom stereocenters. The molecule has 5 rings (SSSR count). The zero-order chi connectivity index (χ0) is 25.2. The van der Waals surface area contributed by atoms with Crippen LogP contribution >= 0.6 is 0 Å². The van der Waals surface area contributed by atoms with Gasteiger partial charge in [0.25, 0.3) is 0 Å². The van der Waals surface area contributed by atoms with Crippen molar-refractivity contribution >= 4 is 23.1 Å². The van der Waals surface area contributed by atoms with Crippen LogP contribution < -0.4 is 14.9 Å². The number of hydrogen-bond acceptors (Lipinski definition) is 5. The van der Waals surface area contributed by atoms with Crippen LogP contribution in [0.5, 0.6) is 11.5 Å². The first-order valence-corrected chi connectivity index (χ1v) is 11.4. The summed E-state index contributed by atoms with van der Waals surface area (Å²) in [6.45, 7) is 0.569. The Morgan fingerprint density at radius 2 is 1.89 bits per heavy atom. The van der Waals surface area contributed by atoms with Gasteiger partial charge in [-0.15, -0.1) is 0 Å². The fraction of sp³-hybridized carbons (Fsp3) is 0.172. The van der Waals surface area contributed by atoms with Crippen molar-refractivity contribution in [1.29, 1.82) is 5.26 Å². The molecule has 4 aromatic rings. The van der Waals surface area contributed by atoms with Crippen LogP contribution in [0, 0.1) is 28.9 Å². The molecule has 0 aliphatic heterocycles. The van der Waals surface area contributed by atoms with Crippen LogP contribution in [0.1, 0.15) is 29.7 Å². The van der Waals surface area contributed by atoms with E-state index in [1.807, 2.05) is 18.2 Å². The minimum atomic E-state index is -0.974. The van der Waals surface area contributed by atoms with E-state index in [0.29, 0.717) is 46.8 Å². The molecule has 1 fully saturated rings. The fourth-order valence-electron chi connectivity index (χ4n) is 3.97. The van der Waals surface area contributed by atoms with Gasteiger partial charge in [0.05, 0.1) is 36.3 Å². The Morgan fingerprint density at radius 1 is 1.11 bits per heavy atom. The largest absolute Gasteiger partial charge is 0.493 e. The monoisotopic (exact) mass is 485 g/mol. The Hall–Kier alpha value is -4.44. The maximum atomic E-state index is 14.6. The third-order valence-corrected chi connectivity index (χ3v) is 6.04. The van der Waals surface area contributed by atoms with Crippen molar-refractivity contribution in [1.82, 2.24) is 0 Å². The number of nitriles is 1. The summed E-state index contributed by atoms with van der Waals surface area (Å²) in [5, 5.41) is 8.92. The Bertz CT molecular complexity index is 1580. The summed E-state index contributed by atoms with van der Waals surface area (Å²) in [7, 11) is 1.56. The fourth-order valence-corrected chi connectivity index (χ4v) is 3.97. The molecule has 1 aliphatic rings. The lowest BCUT2D eigenvalue weighted by Crippen LogP contribution is -2.09. The third-order valence-electron chi connectivity index (χ3n) is 6.04. The van der Waals surface area contributed by atoms with E-state index in [-0.39, 0.29) is 22.3 Å². The van der Waals surface area contributed by atoms with Crippen molar-refractivity contribution in [3.63, 3.8) is 0 Å². The average Bonchev–Trinajstić information content (AvgIpc) is 3.71. The van der Waals surface area contributed by atoms with Gasteiger partial charge in [-0.1, -0.05) is 24.3 Å². The standard InChI is InChI=1S/C29H21F2NO4/c1-34-25-4-2-3-20(28(25)35-16-18-5-6-18)11-12-24-26(19-9-7-17(15-32)8-10-19)27(33)22-13-21(30)14-23(31)29(22)36-24/h2-4,7-14,18H,5-6,16H2,1H3/b12-11+. The van der Waals surface area contributed by atoms with E-state index in [0.717, 1.165) is 18.9 Å². The first kappa shape index (κ1) is 23.3. The quantitative estimate of drug-likeness (QED) is 0.296. The van der Waals surface area contributed by atoms with Gasteiger partial charge >= 0.3 is 0 Å². The summed E-state index contributed by atoms with van der Waals surface area (Å²) in [4.78, 5) is 13.4. The normalized spacial score (nSPS) is 13.2. The van der Waals surface area contributed by atoms with Gasteiger partial charge in [-0.05, 0) is 60.7 Å². The maximum Gasteiger partial charge on any atom is 0.201 e. The minimum absolute atomic E-state index is 0.0821. The number of fused-ring (bicyclic) bond motifs is 1. The first-order valence-electron chi connectivity index (χ1n) is 11.4. The summed E-state index contributed by atoms with van der Waals surface area (Å²) in [5.74, 6) is -0.130. The van der Waals surface area contributed by atoms with Gasteiger partial charge in [0, 0.05) is 11.6 Å². The summed E-state index contributed by atoms with van der Waals surface area (Å²) < 4.78 is 45.8. The van der Waals surface area contributed by atoms with Crippen LogP contribution in [0.4, 0.5) is 8.78 Å². The van der Waals surface area contributed by atoms with Crippen molar-refractivity contribution in [3.8, 4) is 28.7 Å². The number of ether oxygens (including phenoxy) is 2. The summed E-state index contributed by atoms with van der Waals surface area (Å²) in [6, 6.07) is 15.4. The Balaban J connectivity index is 1.67. The van der Waals surface area contributed by atoms with Crippen LogP contribution in [0.2, 0.25) is 0 Å². The number of methoxy groups -OCH3 is 1. The van der Waals surface area contributed by atoms with Gasteiger partial charge < -0.3 is 13.9 Å². The van der Waals surface area contributed by atoms with Gasteiger partial charge in [0.15, 0.2) is 22.9 Å². The molecule has 0 amide bonds. The molecule has 1 aromatic heterocycles. The highest BCUT2D eigenvalue weighted by Gasteiger charge is 2.23. The van der Waals surface area contributed by atoms with E-state index < -0.39 is 17.1 Å². The zero-order valence-corrected chi connectivity index (χ0v) is 19.4. The molecular weight excluding hydrogens is 464 g/mol. The number of nitrogens with zero attached hydrogens (tertiary/aromatic N) is 1. The van der Waals surface area contributed by atoms with Crippen molar-refractivity contribution < 1.29 is 22.7 Å². The van der Waals surface area contributed by atoms with Gasteiger partial charge in [0.2, 0.25) is 5.43 Å². The lowest BCUT2D eigenvalue weighted by molar-refractivity contribution is 0.280. The predicted octanol–water partition coefficient (Wildman–Crippen LogP) is 6.58. The lowest BCUT2D eigenvalue weighted by Gasteiger charge is -2.13. The third kappa shape index (κ3) is 4.58. The molecule has 0 bridgehead atoms. The molecule has 1 saturated carbocycles. The van der Waals surface area contributed by atoms with E-state index in [1.54, 1.807) is 49.6 Å². The van der Waals surface area contributed by atoms with Crippen molar-refractivity contribution in [2.75, 3.05) is 13.7 Å². The Kier molecular flexibility index (Phi) is 6.26. The van der Waals surface area contributed by atoms with Crippen molar-refractivity contribution in [2.24, 2.45) is 5.92 Å². The lowest BCUT2D eigenvalue weighted by atomic mass is 10.00. The molecular formula is C29H21F2NO4. The molecule has 1 heterocycles. The molecule has 7 heteroatoms. The summed E-state index contributed by atoms with van der Waals surface area (Å²) in [5.41, 5.74) is 0.737. The SMILES string of the molecule is COc1cccc(/C=C/c2oc3c(F)cc(F)cc3c(=O)c2-c2ccc(C#N)cc2)c1OCC1CC1. The molecule has 5 nitrogen and oxygen atoms in total. The van der Waals surface area contributed by atoms with Crippen LogP contribution in [-0.2, 0) is 0 Å². The second-order valence-electron chi connectivity index (χ2n) is 8.59. The van der Waals surface area contributed by atoms with Crippen LogP contribution in [0.25, 0.3) is 34.2 Å². The Morgan fingerprint density at radius 3 is 2.58 bits per heavy atom. The highest BCUT2D eigenvalue weighted by Crippen LogP contribution is 2.36. The number of para-hydroxylation sites is 1. The van der Waals surface area contributed by atoms with Gasteiger partial charge in [-0.25, -0.2) is 8.78 Å². The second kappa shape index (κ2) is 9.67. The molecule has 0 spiro atoms. The molecule has 3 aromatic carbocycles. The topological polar surface area (TPSA) is 72.5 Å². The van der Waals surface area contributed by atoms with E-state index >= 15 is 0 Å². The van der Waals surface area contributed by atoms with Gasteiger partial charge in [0.1, 0.15) is 11.6 Å². The molecule has 36 heavy (non-hydrogen) atoms. The van der Waals surface area contributed by atoms with E-state index in [2.05, 4.69) is 0 Å². The maximum absolute atomic E-state index is 14.6. The molecule has 0 N–H and O–H groups in total. The summed E-state index contributed by atoms with van der Waals surface area (Å²) >= 11 is 0. The zero-order valence-electron chi connectivity index (χ0n) is 19.4.